The lowest BCUT2D eigenvalue weighted by Gasteiger charge is -2.41. The molecule has 1 aliphatic rings. The van der Waals surface area contributed by atoms with Gasteiger partial charge in [-0.3, -0.25) is 0 Å². The summed E-state index contributed by atoms with van der Waals surface area (Å²) in [6.07, 6.45) is 0.108. The molecule has 20 heavy (non-hydrogen) atoms. The maximum Gasteiger partial charge on any atom is 0.416 e. The minimum Gasteiger partial charge on any atom is -0.383 e. The molecule has 0 saturated heterocycles. The highest BCUT2D eigenvalue weighted by molar-refractivity contribution is 5.59. The zero-order valence-electron chi connectivity index (χ0n) is 11.3. The number of hydrogen-bond acceptors (Lipinski definition) is 2. The zero-order chi connectivity index (χ0) is 14.8. The van der Waals surface area contributed by atoms with Crippen LogP contribution in [-0.4, -0.2) is 6.54 Å². The molecule has 5 heteroatoms. The van der Waals surface area contributed by atoms with E-state index >= 15 is 0 Å². The van der Waals surface area contributed by atoms with E-state index < -0.39 is 11.7 Å². The number of rotatable bonds is 4. The summed E-state index contributed by atoms with van der Waals surface area (Å²) in [6, 6.07) is 5.11. The van der Waals surface area contributed by atoms with Gasteiger partial charge in [0.15, 0.2) is 0 Å². The summed E-state index contributed by atoms with van der Waals surface area (Å²) in [5.74, 6) is 0. The first kappa shape index (κ1) is 14.7. The maximum atomic E-state index is 12.6. The molecule has 0 radical (unpaired) electrons. The molecule has 0 atom stereocenters. The van der Waals surface area contributed by atoms with Crippen molar-refractivity contribution in [3.63, 3.8) is 0 Å². The number of benzene rings is 1. The number of anilines is 1. The van der Waals surface area contributed by atoms with Crippen LogP contribution in [-0.2, 0) is 6.18 Å². The van der Waals surface area contributed by atoms with Crippen molar-refractivity contribution in [1.82, 2.24) is 0 Å². The summed E-state index contributed by atoms with van der Waals surface area (Å²) >= 11 is 0. The van der Waals surface area contributed by atoms with Crippen molar-refractivity contribution < 1.29 is 13.2 Å². The predicted molar refractivity (Wildman–Crippen MR) is 71.2 cm³/mol. The molecule has 0 bridgehead atoms. The standard InChI is InChI=1S/C15H17F3N2/c1-2-14(6-3-7-14)10-20-13-5-4-12(15(16,17)18)8-11(13)9-19/h4-5,8,20H,2-3,6-7,10H2,1H3. The van der Waals surface area contributed by atoms with Crippen molar-refractivity contribution >= 4 is 5.69 Å². The molecule has 0 heterocycles. The first-order valence-electron chi connectivity index (χ1n) is 6.75. The normalized spacial score (nSPS) is 17.1. The second-order valence-electron chi connectivity index (χ2n) is 5.43. The van der Waals surface area contributed by atoms with Crippen LogP contribution in [0.15, 0.2) is 18.2 Å². The van der Waals surface area contributed by atoms with E-state index in [0.717, 1.165) is 31.4 Å². The Morgan fingerprint density at radius 3 is 2.50 bits per heavy atom. The Balaban J connectivity index is 2.14. The average Bonchev–Trinajstić information content (AvgIpc) is 2.37. The maximum absolute atomic E-state index is 12.6. The van der Waals surface area contributed by atoms with Crippen molar-refractivity contribution in [2.75, 3.05) is 11.9 Å². The Kier molecular flexibility index (Phi) is 3.94. The molecule has 2 rings (SSSR count). The van der Waals surface area contributed by atoms with E-state index in [0.29, 0.717) is 12.2 Å². The highest BCUT2D eigenvalue weighted by Gasteiger charge is 2.35. The van der Waals surface area contributed by atoms with Crippen LogP contribution in [0.3, 0.4) is 0 Å². The van der Waals surface area contributed by atoms with Crippen LogP contribution < -0.4 is 5.32 Å². The molecular weight excluding hydrogens is 265 g/mol. The van der Waals surface area contributed by atoms with Crippen LogP contribution in [0.1, 0.15) is 43.7 Å². The SMILES string of the molecule is CCC1(CNc2ccc(C(F)(F)F)cc2C#N)CCC1. The van der Waals surface area contributed by atoms with Gasteiger partial charge in [0.25, 0.3) is 0 Å². The Morgan fingerprint density at radius 2 is 2.05 bits per heavy atom. The highest BCUT2D eigenvalue weighted by Crippen LogP contribution is 2.44. The summed E-state index contributed by atoms with van der Waals surface area (Å²) in [4.78, 5) is 0. The summed E-state index contributed by atoms with van der Waals surface area (Å²) < 4.78 is 37.8. The van der Waals surface area contributed by atoms with E-state index in [1.165, 1.54) is 12.5 Å². The van der Waals surface area contributed by atoms with E-state index in [-0.39, 0.29) is 11.0 Å². The smallest absolute Gasteiger partial charge is 0.383 e. The molecule has 0 spiro atoms. The Labute approximate surface area is 116 Å². The van der Waals surface area contributed by atoms with Crippen LogP contribution >= 0.6 is 0 Å². The molecule has 1 fully saturated rings. The number of halogens is 3. The van der Waals surface area contributed by atoms with Gasteiger partial charge in [0.1, 0.15) is 6.07 Å². The molecule has 0 aromatic heterocycles. The van der Waals surface area contributed by atoms with Gasteiger partial charge in [-0.05, 0) is 42.9 Å². The quantitative estimate of drug-likeness (QED) is 0.878. The van der Waals surface area contributed by atoms with E-state index in [9.17, 15) is 13.2 Å². The molecular formula is C15H17F3N2. The fraction of sp³-hybridized carbons (Fsp3) is 0.533. The van der Waals surface area contributed by atoms with E-state index in [2.05, 4.69) is 12.2 Å². The van der Waals surface area contributed by atoms with Crippen molar-refractivity contribution in [1.29, 1.82) is 5.26 Å². The minimum atomic E-state index is -4.41. The molecule has 2 nitrogen and oxygen atoms in total. The number of nitriles is 1. The Bertz CT molecular complexity index is 519. The van der Waals surface area contributed by atoms with Gasteiger partial charge in [-0.15, -0.1) is 0 Å². The molecule has 0 unspecified atom stereocenters. The number of nitrogens with one attached hydrogen (secondary N) is 1. The van der Waals surface area contributed by atoms with Crippen LogP contribution in [0.4, 0.5) is 18.9 Å². The van der Waals surface area contributed by atoms with Crippen molar-refractivity contribution in [3.05, 3.63) is 29.3 Å². The van der Waals surface area contributed by atoms with Crippen LogP contribution in [0.5, 0.6) is 0 Å². The van der Waals surface area contributed by atoms with Gasteiger partial charge in [0.2, 0.25) is 0 Å². The van der Waals surface area contributed by atoms with Gasteiger partial charge in [-0.1, -0.05) is 13.3 Å². The average molecular weight is 282 g/mol. The van der Waals surface area contributed by atoms with Crippen LogP contribution in [0, 0.1) is 16.7 Å². The minimum absolute atomic E-state index is 0.0467. The molecule has 1 aliphatic carbocycles. The van der Waals surface area contributed by atoms with Gasteiger partial charge in [-0.2, -0.15) is 18.4 Å². The fourth-order valence-electron chi connectivity index (χ4n) is 2.58. The van der Waals surface area contributed by atoms with Crippen LogP contribution in [0.2, 0.25) is 0 Å². The summed E-state index contributed by atoms with van der Waals surface area (Å²) in [5, 5.41) is 12.2. The predicted octanol–water partition coefficient (Wildman–Crippen LogP) is 4.57. The highest BCUT2D eigenvalue weighted by atomic mass is 19.4. The number of alkyl halides is 3. The number of hydrogen-bond donors (Lipinski definition) is 1. The molecule has 0 aliphatic heterocycles. The van der Waals surface area contributed by atoms with Gasteiger partial charge in [0.05, 0.1) is 16.8 Å². The second kappa shape index (κ2) is 5.35. The Morgan fingerprint density at radius 1 is 1.35 bits per heavy atom. The molecule has 108 valence electrons. The lowest BCUT2D eigenvalue weighted by atomic mass is 9.67. The Hall–Kier alpha value is -1.70. The fourth-order valence-corrected chi connectivity index (χ4v) is 2.58. The third kappa shape index (κ3) is 2.90. The first-order valence-corrected chi connectivity index (χ1v) is 6.75. The third-order valence-electron chi connectivity index (χ3n) is 4.29. The van der Waals surface area contributed by atoms with E-state index in [1.54, 1.807) is 0 Å². The van der Waals surface area contributed by atoms with E-state index in [4.69, 9.17) is 5.26 Å². The third-order valence-corrected chi connectivity index (χ3v) is 4.29. The van der Waals surface area contributed by atoms with Gasteiger partial charge in [0, 0.05) is 6.54 Å². The zero-order valence-corrected chi connectivity index (χ0v) is 11.3. The molecule has 0 amide bonds. The van der Waals surface area contributed by atoms with Crippen molar-refractivity contribution in [2.24, 2.45) is 5.41 Å². The molecule has 1 aromatic carbocycles. The molecule has 1 saturated carbocycles. The summed E-state index contributed by atoms with van der Waals surface area (Å²) in [7, 11) is 0. The largest absolute Gasteiger partial charge is 0.416 e. The molecule has 1 aromatic rings. The first-order chi connectivity index (χ1) is 9.40. The topological polar surface area (TPSA) is 35.8 Å². The number of nitrogens with zero attached hydrogens (tertiary/aromatic N) is 1. The second-order valence-corrected chi connectivity index (χ2v) is 5.43. The van der Waals surface area contributed by atoms with Gasteiger partial charge >= 0.3 is 6.18 Å². The van der Waals surface area contributed by atoms with Crippen molar-refractivity contribution in [3.8, 4) is 6.07 Å². The summed E-state index contributed by atoms with van der Waals surface area (Å²) in [6.45, 7) is 2.84. The summed E-state index contributed by atoms with van der Waals surface area (Å²) in [5.41, 5.74) is -0.00540. The van der Waals surface area contributed by atoms with Gasteiger partial charge < -0.3 is 5.32 Å². The van der Waals surface area contributed by atoms with Crippen LogP contribution in [0.25, 0.3) is 0 Å². The van der Waals surface area contributed by atoms with Gasteiger partial charge in [-0.25, -0.2) is 0 Å². The molecule has 1 N–H and O–H groups in total. The van der Waals surface area contributed by atoms with Crippen molar-refractivity contribution in [2.45, 2.75) is 38.8 Å². The lowest BCUT2D eigenvalue weighted by Crippen LogP contribution is -2.36. The lowest BCUT2D eigenvalue weighted by molar-refractivity contribution is -0.137. The monoisotopic (exact) mass is 282 g/mol. The van der Waals surface area contributed by atoms with E-state index in [1.807, 2.05) is 6.07 Å².